The van der Waals surface area contributed by atoms with E-state index in [4.69, 9.17) is 0 Å². The van der Waals surface area contributed by atoms with Gasteiger partial charge in [-0.15, -0.1) is 0 Å². The first-order chi connectivity index (χ1) is 12.0. The third-order valence-electron chi connectivity index (χ3n) is 3.82. The van der Waals surface area contributed by atoms with Crippen LogP contribution in [0.4, 0.5) is 0 Å². The first-order valence-corrected chi connectivity index (χ1v) is 7.86. The molecule has 25 heavy (non-hydrogen) atoms. The van der Waals surface area contributed by atoms with Gasteiger partial charge in [-0.2, -0.15) is 0 Å². The van der Waals surface area contributed by atoms with Crippen molar-refractivity contribution in [2.45, 2.75) is 27.3 Å². The molecule has 8 nitrogen and oxygen atoms in total. The molecule has 0 bridgehead atoms. The number of hydrazine groups is 1. The number of nitrogens with zero attached hydrogens (tertiary/aromatic N) is 4. The molecule has 2 aromatic heterocycles. The average molecular weight is 338 g/mol. The number of carbonyl (C=O) groups is 2. The molecule has 0 fully saturated rings. The minimum Gasteiger partial charge on any atom is -0.329 e. The second-order valence-electron chi connectivity index (χ2n) is 5.56. The largest absolute Gasteiger partial charge is 0.329 e. The fourth-order valence-corrected chi connectivity index (χ4v) is 2.55. The van der Waals surface area contributed by atoms with E-state index in [0.717, 1.165) is 23.4 Å². The average Bonchev–Trinajstić information content (AvgIpc) is 2.93. The van der Waals surface area contributed by atoms with Gasteiger partial charge in [-0.25, -0.2) is 9.97 Å². The number of hydrogen-bond acceptors (Lipinski definition) is 5. The van der Waals surface area contributed by atoms with Crippen LogP contribution in [0.2, 0.25) is 0 Å². The third-order valence-corrected chi connectivity index (χ3v) is 3.82. The minimum atomic E-state index is -0.534. The summed E-state index contributed by atoms with van der Waals surface area (Å²) in [4.78, 5) is 36.6. The molecular weight excluding hydrogens is 320 g/mol. The monoisotopic (exact) mass is 338 g/mol. The van der Waals surface area contributed by atoms with Gasteiger partial charge in [0.15, 0.2) is 0 Å². The molecule has 3 aromatic rings. The zero-order valence-corrected chi connectivity index (χ0v) is 14.2. The maximum Gasteiger partial charge on any atom is 0.289 e. The van der Waals surface area contributed by atoms with Crippen molar-refractivity contribution in [3.63, 3.8) is 0 Å². The summed E-state index contributed by atoms with van der Waals surface area (Å²) in [6, 6.07) is 5.24. The molecule has 0 saturated heterocycles. The van der Waals surface area contributed by atoms with Crippen molar-refractivity contribution in [1.82, 2.24) is 30.4 Å². The summed E-state index contributed by atoms with van der Waals surface area (Å²) in [5.74, 6) is -0.0756. The van der Waals surface area contributed by atoms with Gasteiger partial charge >= 0.3 is 0 Å². The van der Waals surface area contributed by atoms with E-state index in [-0.39, 0.29) is 5.69 Å². The lowest BCUT2D eigenvalue weighted by atomic mass is 10.2. The van der Waals surface area contributed by atoms with Crippen molar-refractivity contribution in [1.29, 1.82) is 0 Å². The summed E-state index contributed by atoms with van der Waals surface area (Å²) in [5.41, 5.74) is 7.64. The Morgan fingerprint density at radius 1 is 1.08 bits per heavy atom. The fourth-order valence-electron chi connectivity index (χ4n) is 2.55. The van der Waals surface area contributed by atoms with E-state index in [1.807, 2.05) is 19.9 Å². The Morgan fingerprint density at radius 2 is 1.84 bits per heavy atom. The molecule has 0 saturated carbocycles. The number of amides is 2. The Bertz CT molecular complexity index is 946. The molecule has 8 heteroatoms. The van der Waals surface area contributed by atoms with Gasteiger partial charge in [0.05, 0.1) is 22.9 Å². The number of aryl methyl sites for hydroxylation is 3. The smallest absolute Gasteiger partial charge is 0.289 e. The number of aromatic nitrogens is 4. The molecule has 1 aromatic carbocycles. The van der Waals surface area contributed by atoms with E-state index in [9.17, 15) is 9.59 Å². The highest BCUT2D eigenvalue weighted by Crippen LogP contribution is 2.17. The lowest BCUT2D eigenvalue weighted by molar-refractivity contribution is 0.0843. The molecular formula is C17H18N6O2. The normalized spacial score (nSPS) is 10.7. The summed E-state index contributed by atoms with van der Waals surface area (Å²) in [6.07, 6.45) is 2.83. The standard InChI is InChI=1S/C17H18N6O2/c1-4-23-11(3)20-13-7-12(5-6-15(13)23)16(24)21-22-17(25)14-9-18-10(2)8-19-14/h5-9H,4H2,1-3H3,(H,21,24)(H,22,25). The molecule has 0 aliphatic rings. The second-order valence-corrected chi connectivity index (χ2v) is 5.56. The van der Waals surface area contributed by atoms with Crippen LogP contribution in [0.25, 0.3) is 11.0 Å². The Balaban J connectivity index is 1.71. The van der Waals surface area contributed by atoms with E-state index in [0.29, 0.717) is 11.3 Å². The van der Waals surface area contributed by atoms with Crippen molar-refractivity contribution in [3.8, 4) is 0 Å². The highest BCUT2D eigenvalue weighted by Gasteiger charge is 2.13. The van der Waals surface area contributed by atoms with Gasteiger partial charge < -0.3 is 4.57 Å². The Kier molecular flexibility index (Phi) is 4.42. The molecule has 0 aliphatic carbocycles. The molecule has 0 radical (unpaired) electrons. The van der Waals surface area contributed by atoms with E-state index in [1.165, 1.54) is 12.4 Å². The van der Waals surface area contributed by atoms with Gasteiger partial charge in [0.2, 0.25) is 0 Å². The van der Waals surface area contributed by atoms with Crippen LogP contribution in [0.15, 0.2) is 30.6 Å². The molecule has 0 unspecified atom stereocenters. The molecule has 2 amide bonds. The van der Waals surface area contributed by atoms with Crippen molar-refractivity contribution in [2.24, 2.45) is 0 Å². The molecule has 0 atom stereocenters. The predicted molar refractivity (Wildman–Crippen MR) is 91.8 cm³/mol. The topological polar surface area (TPSA) is 102 Å². The van der Waals surface area contributed by atoms with Crippen LogP contribution in [0, 0.1) is 13.8 Å². The number of nitrogens with one attached hydrogen (secondary N) is 2. The number of benzene rings is 1. The van der Waals surface area contributed by atoms with E-state index >= 15 is 0 Å². The van der Waals surface area contributed by atoms with Crippen molar-refractivity contribution >= 4 is 22.8 Å². The summed E-state index contributed by atoms with van der Waals surface area (Å²) in [6.45, 7) is 6.54. The van der Waals surface area contributed by atoms with Crippen LogP contribution >= 0.6 is 0 Å². The third kappa shape index (κ3) is 3.32. The zero-order chi connectivity index (χ0) is 18.0. The van der Waals surface area contributed by atoms with E-state index in [2.05, 4.69) is 30.4 Å². The number of hydrogen-bond donors (Lipinski definition) is 2. The number of imidazole rings is 1. The van der Waals surface area contributed by atoms with E-state index < -0.39 is 11.8 Å². The number of fused-ring (bicyclic) bond motifs is 1. The van der Waals surface area contributed by atoms with Crippen LogP contribution < -0.4 is 10.9 Å². The molecule has 2 N–H and O–H groups in total. The van der Waals surface area contributed by atoms with Crippen molar-refractivity contribution in [3.05, 3.63) is 53.4 Å². The first kappa shape index (κ1) is 16.6. The van der Waals surface area contributed by atoms with Crippen LogP contribution in [0.1, 0.15) is 39.3 Å². The SMILES string of the molecule is CCn1c(C)nc2cc(C(=O)NNC(=O)c3cnc(C)cn3)ccc21. The summed E-state index contributed by atoms with van der Waals surface area (Å²) >= 11 is 0. The Morgan fingerprint density at radius 3 is 2.52 bits per heavy atom. The van der Waals surface area contributed by atoms with Crippen LogP contribution in [-0.2, 0) is 6.54 Å². The van der Waals surface area contributed by atoms with Gasteiger partial charge in [-0.3, -0.25) is 25.4 Å². The zero-order valence-electron chi connectivity index (χ0n) is 14.2. The lowest BCUT2D eigenvalue weighted by Crippen LogP contribution is -2.42. The fraction of sp³-hybridized carbons (Fsp3) is 0.235. The number of carbonyl (C=O) groups excluding carboxylic acids is 2. The first-order valence-electron chi connectivity index (χ1n) is 7.86. The summed E-state index contributed by atoms with van der Waals surface area (Å²) < 4.78 is 2.06. The lowest BCUT2D eigenvalue weighted by Gasteiger charge is -2.07. The van der Waals surface area contributed by atoms with Crippen molar-refractivity contribution < 1.29 is 9.59 Å². The predicted octanol–water partition coefficient (Wildman–Crippen LogP) is 1.54. The van der Waals surface area contributed by atoms with Gasteiger partial charge in [0, 0.05) is 18.3 Å². The van der Waals surface area contributed by atoms with Crippen LogP contribution in [0.3, 0.4) is 0 Å². The van der Waals surface area contributed by atoms with Gasteiger partial charge in [-0.05, 0) is 39.0 Å². The summed E-state index contributed by atoms with van der Waals surface area (Å²) in [7, 11) is 0. The van der Waals surface area contributed by atoms with Crippen LogP contribution in [-0.4, -0.2) is 31.3 Å². The number of rotatable bonds is 3. The quantitative estimate of drug-likeness (QED) is 0.705. The van der Waals surface area contributed by atoms with Crippen LogP contribution in [0.5, 0.6) is 0 Å². The summed E-state index contributed by atoms with van der Waals surface area (Å²) in [5, 5.41) is 0. The minimum absolute atomic E-state index is 0.124. The Hall–Kier alpha value is -3.29. The molecule has 128 valence electrons. The Labute approximate surface area is 144 Å². The van der Waals surface area contributed by atoms with Gasteiger partial charge in [0.1, 0.15) is 11.5 Å². The highest BCUT2D eigenvalue weighted by atomic mass is 16.2. The molecule has 0 spiro atoms. The van der Waals surface area contributed by atoms with E-state index in [1.54, 1.807) is 19.1 Å². The molecule has 0 aliphatic heterocycles. The van der Waals surface area contributed by atoms with Crippen molar-refractivity contribution in [2.75, 3.05) is 0 Å². The van der Waals surface area contributed by atoms with Gasteiger partial charge in [0.25, 0.3) is 11.8 Å². The second kappa shape index (κ2) is 6.68. The molecule has 3 rings (SSSR count). The maximum atomic E-state index is 12.2. The maximum absolute atomic E-state index is 12.2. The van der Waals surface area contributed by atoms with Gasteiger partial charge in [-0.1, -0.05) is 0 Å². The highest BCUT2D eigenvalue weighted by molar-refractivity contribution is 6.00. The molecule has 2 heterocycles.